The van der Waals surface area contributed by atoms with Crippen molar-refractivity contribution in [1.82, 2.24) is 5.32 Å². The Morgan fingerprint density at radius 1 is 0.938 bits per heavy atom. The van der Waals surface area contributed by atoms with Crippen molar-refractivity contribution in [3.63, 3.8) is 0 Å². The molecular formula is C26H37NO5. The minimum atomic E-state index is -0.683. The molecule has 1 unspecified atom stereocenters. The van der Waals surface area contributed by atoms with Crippen LogP contribution in [-0.2, 0) is 22.4 Å². The van der Waals surface area contributed by atoms with E-state index in [9.17, 15) is 4.79 Å². The highest BCUT2D eigenvalue weighted by Gasteiger charge is 2.21. The molecule has 2 aromatic rings. The Hall–Kier alpha value is -2.73. The topological polar surface area (TPSA) is 66.0 Å². The zero-order valence-corrected chi connectivity index (χ0v) is 20.1. The number of carbonyl (C=O) groups is 1. The third kappa shape index (κ3) is 8.42. The number of hydrogen-bond donors (Lipinski definition) is 1. The van der Waals surface area contributed by atoms with Crippen LogP contribution in [0.2, 0.25) is 0 Å². The summed E-state index contributed by atoms with van der Waals surface area (Å²) in [6.07, 6.45) is 0.935. The molecule has 0 fully saturated rings. The van der Waals surface area contributed by atoms with Gasteiger partial charge in [0.05, 0.1) is 19.3 Å². The maximum absolute atomic E-state index is 12.7. The minimum Gasteiger partial charge on any atom is -0.493 e. The molecule has 0 saturated carbocycles. The minimum absolute atomic E-state index is 0.0683. The van der Waals surface area contributed by atoms with Gasteiger partial charge in [0.25, 0.3) is 5.91 Å². The zero-order valence-electron chi connectivity index (χ0n) is 20.1. The number of amides is 1. The highest BCUT2D eigenvalue weighted by atomic mass is 16.5. The molecule has 6 nitrogen and oxygen atoms in total. The van der Waals surface area contributed by atoms with Crippen LogP contribution in [0.5, 0.6) is 17.2 Å². The van der Waals surface area contributed by atoms with Gasteiger partial charge in [-0.1, -0.05) is 25.1 Å². The smallest absolute Gasteiger partial charge is 0.252 e. The number of rotatable bonds is 13. The third-order valence-corrected chi connectivity index (χ3v) is 4.77. The Bertz CT molecular complexity index is 833. The van der Waals surface area contributed by atoms with E-state index in [4.69, 9.17) is 18.9 Å². The molecule has 0 aliphatic rings. The molecular weight excluding hydrogens is 406 g/mol. The fourth-order valence-electron chi connectivity index (χ4n) is 3.16. The first-order chi connectivity index (χ1) is 15.3. The van der Waals surface area contributed by atoms with Crippen molar-refractivity contribution in [3.05, 3.63) is 53.6 Å². The maximum Gasteiger partial charge on any atom is 0.252 e. The van der Waals surface area contributed by atoms with Gasteiger partial charge in [0.2, 0.25) is 0 Å². The lowest BCUT2D eigenvalue weighted by Gasteiger charge is -2.20. The molecule has 0 radical (unpaired) electrons. The molecule has 176 valence electrons. The largest absolute Gasteiger partial charge is 0.493 e. The van der Waals surface area contributed by atoms with Crippen molar-refractivity contribution in [2.24, 2.45) is 0 Å². The van der Waals surface area contributed by atoms with Crippen molar-refractivity contribution >= 4 is 5.91 Å². The van der Waals surface area contributed by atoms with E-state index in [1.807, 2.05) is 70.2 Å². The lowest BCUT2D eigenvalue weighted by Crippen LogP contribution is -2.42. The second kappa shape index (κ2) is 13.0. The molecule has 0 aliphatic carbocycles. The average Bonchev–Trinajstić information content (AvgIpc) is 2.77. The Morgan fingerprint density at radius 3 is 2.22 bits per heavy atom. The van der Waals surface area contributed by atoms with E-state index in [0.29, 0.717) is 24.5 Å². The summed E-state index contributed by atoms with van der Waals surface area (Å²) in [5.41, 5.74) is 2.29. The van der Waals surface area contributed by atoms with E-state index < -0.39 is 6.10 Å². The van der Waals surface area contributed by atoms with Gasteiger partial charge in [-0.15, -0.1) is 0 Å². The van der Waals surface area contributed by atoms with Gasteiger partial charge in [0.15, 0.2) is 17.6 Å². The Morgan fingerprint density at radius 2 is 1.62 bits per heavy atom. The number of hydrogen-bond acceptors (Lipinski definition) is 5. The summed E-state index contributed by atoms with van der Waals surface area (Å²) >= 11 is 0. The molecule has 0 saturated heterocycles. The lowest BCUT2D eigenvalue weighted by atomic mass is 10.1. The molecule has 0 spiro atoms. The summed E-state index contributed by atoms with van der Waals surface area (Å²) in [7, 11) is 1.62. The van der Waals surface area contributed by atoms with Gasteiger partial charge in [-0.25, -0.2) is 0 Å². The predicted molar refractivity (Wildman–Crippen MR) is 127 cm³/mol. The Balaban J connectivity index is 1.90. The zero-order chi connectivity index (χ0) is 23.5. The molecule has 1 atom stereocenters. The van der Waals surface area contributed by atoms with Gasteiger partial charge in [0.1, 0.15) is 12.4 Å². The highest BCUT2D eigenvalue weighted by Crippen LogP contribution is 2.29. The fraction of sp³-hybridized carbons (Fsp3) is 0.500. The standard InChI is InChI=1S/C26H37NO5/c1-7-20-8-11-22(12-9-20)30-17-25(32-19(4)5)26(28)27-15-14-21-10-13-23(31-18(2)3)24(16-21)29-6/h8-13,16,18-19,25H,7,14-15,17H2,1-6H3,(H,27,28). The maximum atomic E-state index is 12.7. The Kier molecular flexibility index (Phi) is 10.3. The number of nitrogens with one attached hydrogen (secondary N) is 1. The molecule has 1 amide bonds. The van der Waals surface area contributed by atoms with Gasteiger partial charge in [-0.05, 0) is 75.9 Å². The molecule has 0 bridgehead atoms. The second-order valence-corrected chi connectivity index (χ2v) is 8.17. The van der Waals surface area contributed by atoms with Crippen LogP contribution in [0.4, 0.5) is 0 Å². The number of ether oxygens (including phenoxy) is 4. The van der Waals surface area contributed by atoms with Crippen LogP contribution in [0, 0.1) is 0 Å². The summed E-state index contributed by atoms with van der Waals surface area (Å²) in [6.45, 7) is 10.5. The van der Waals surface area contributed by atoms with E-state index in [1.165, 1.54) is 5.56 Å². The second-order valence-electron chi connectivity index (χ2n) is 8.17. The first-order valence-electron chi connectivity index (χ1n) is 11.3. The molecule has 2 rings (SSSR count). The fourth-order valence-corrected chi connectivity index (χ4v) is 3.16. The van der Waals surface area contributed by atoms with Gasteiger partial charge in [0, 0.05) is 6.54 Å². The lowest BCUT2D eigenvalue weighted by molar-refractivity contribution is -0.137. The molecule has 1 N–H and O–H groups in total. The summed E-state index contributed by atoms with van der Waals surface area (Å²) in [5.74, 6) is 1.94. The summed E-state index contributed by atoms with van der Waals surface area (Å²) in [4.78, 5) is 12.7. The van der Waals surface area contributed by atoms with E-state index in [-0.39, 0.29) is 24.7 Å². The Labute approximate surface area is 192 Å². The first-order valence-corrected chi connectivity index (χ1v) is 11.3. The van der Waals surface area contributed by atoms with Crippen LogP contribution in [-0.4, -0.2) is 44.5 Å². The van der Waals surface area contributed by atoms with Crippen LogP contribution < -0.4 is 19.5 Å². The van der Waals surface area contributed by atoms with Crippen molar-refractivity contribution in [2.75, 3.05) is 20.3 Å². The van der Waals surface area contributed by atoms with Crippen LogP contribution >= 0.6 is 0 Å². The van der Waals surface area contributed by atoms with E-state index in [1.54, 1.807) is 7.11 Å². The summed E-state index contributed by atoms with van der Waals surface area (Å²) in [5, 5.41) is 2.96. The van der Waals surface area contributed by atoms with Crippen molar-refractivity contribution in [3.8, 4) is 17.2 Å². The number of methoxy groups -OCH3 is 1. The third-order valence-electron chi connectivity index (χ3n) is 4.77. The van der Waals surface area contributed by atoms with E-state index in [0.717, 1.165) is 17.7 Å². The van der Waals surface area contributed by atoms with E-state index >= 15 is 0 Å². The quantitative estimate of drug-likeness (QED) is 0.491. The molecule has 2 aromatic carbocycles. The molecule has 6 heteroatoms. The average molecular weight is 444 g/mol. The number of aryl methyl sites for hydroxylation is 1. The van der Waals surface area contributed by atoms with Gasteiger partial charge in [-0.2, -0.15) is 0 Å². The van der Waals surface area contributed by atoms with E-state index in [2.05, 4.69) is 12.2 Å². The van der Waals surface area contributed by atoms with Crippen LogP contribution in [0.15, 0.2) is 42.5 Å². The van der Waals surface area contributed by atoms with Gasteiger partial charge < -0.3 is 24.3 Å². The predicted octanol–water partition coefficient (Wildman–Crippen LogP) is 4.58. The summed E-state index contributed by atoms with van der Waals surface area (Å²) < 4.78 is 22.8. The SMILES string of the molecule is CCc1ccc(OCC(OC(C)C)C(=O)NCCc2ccc(OC(C)C)c(OC)c2)cc1. The van der Waals surface area contributed by atoms with Crippen molar-refractivity contribution < 1.29 is 23.7 Å². The van der Waals surface area contributed by atoms with Crippen LogP contribution in [0.1, 0.15) is 45.7 Å². The highest BCUT2D eigenvalue weighted by molar-refractivity contribution is 5.81. The summed E-state index contributed by atoms with van der Waals surface area (Å²) in [6, 6.07) is 13.7. The van der Waals surface area contributed by atoms with Crippen LogP contribution in [0.3, 0.4) is 0 Å². The van der Waals surface area contributed by atoms with Crippen molar-refractivity contribution in [1.29, 1.82) is 0 Å². The van der Waals surface area contributed by atoms with Crippen LogP contribution in [0.25, 0.3) is 0 Å². The molecule has 32 heavy (non-hydrogen) atoms. The first kappa shape index (κ1) is 25.5. The van der Waals surface area contributed by atoms with Gasteiger partial charge >= 0.3 is 0 Å². The molecule has 0 aliphatic heterocycles. The molecule has 0 aromatic heterocycles. The van der Waals surface area contributed by atoms with Gasteiger partial charge in [-0.3, -0.25) is 4.79 Å². The molecule has 0 heterocycles. The number of carbonyl (C=O) groups excluding carboxylic acids is 1. The number of benzene rings is 2. The normalized spacial score (nSPS) is 12.0. The van der Waals surface area contributed by atoms with Crippen molar-refractivity contribution in [2.45, 2.75) is 65.8 Å². The monoisotopic (exact) mass is 443 g/mol.